The van der Waals surface area contributed by atoms with Crippen molar-refractivity contribution in [1.29, 1.82) is 0 Å². The van der Waals surface area contributed by atoms with Crippen LogP contribution in [0.25, 0.3) is 0 Å². The second-order valence-electron chi connectivity index (χ2n) is 7.83. The van der Waals surface area contributed by atoms with Crippen LogP contribution in [0.2, 0.25) is 0 Å². The van der Waals surface area contributed by atoms with Crippen molar-refractivity contribution in [2.75, 3.05) is 0 Å². The minimum atomic E-state index is -0.728. The fourth-order valence-corrected chi connectivity index (χ4v) is 5.23. The Balaban J connectivity index is 1.65. The van der Waals surface area contributed by atoms with Crippen molar-refractivity contribution < 1.29 is 14.3 Å². The van der Waals surface area contributed by atoms with Crippen LogP contribution in [-0.2, 0) is 22.4 Å². The Morgan fingerprint density at radius 1 is 1.20 bits per heavy atom. The molecule has 0 bridgehead atoms. The number of fused-ring (bicyclic) bond motifs is 1. The molecule has 0 N–H and O–H groups in total. The van der Waals surface area contributed by atoms with Crippen LogP contribution in [0.5, 0.6) is 0 Å². The van der Waals surface area contributed by atoms with Gasteiger partial charge in [-0.25, -0.2) is 4.79 Å². The molecule has 3 rings (SSSR count). The number of amides is 1. The second-order valence-corrected chi connectivity index (χ2v) is 8.97. The molecule has 138 valence electrons. The third-order valence-corrected chi connectivity index (χ3v) is 6.83. The maximum atomic E-state index is 12.8. The summed E-state index contributed by atoms with van der Waals surface area (Å²) in [4.78, 5) is 29.1. The molecular weight excluding hydrogens is 334 g/mol. The van der Waals surface area contributed by atoms with Crippen molar-refractivity contribution in [2.45, 2.75) is 84.4 Å². The normalized spacial score (nSPS) is 27.5. The Morgan fingerprint density at radius 2 is 1.88 bits per heavy atom. The fraction of sp³-hybridized carbons (Fsp3) is 0.700. The predicted octanol–water partition coefficient (Wildman–Crippen LogP) is 4.21. The van der Waals surface area contributed by atoms with E-state index in [0.29, 0.717) is 10.8 Å². The molecule has 25 heavy (non-hydrogen) atoms. The molecule has 2 heterocycles. The van der Waals surface area contributed by atoms with Crippen molar-refractivity contribution in [3.05, 3.63) is 21.4 Å². The van der Waals surface area contributed by atoms with Gasteiger partial charge < -0.3 is 9.64 Å². The van der Waals surface area contributed by atoms with E-state index in [-0.39, 0.29) is 24.0 Å². The molecule has 0 spiro atoms. The highest BCUT2D eigenvalue weighted by Crippen LogP contribution is 2.32. The summed E-state index contributed by atoms with van der Waals surface area (Å²) in [6.07, 6.45) is 5.73. The number of rotatable bonds is 3. The Bertz CT molecular complexity index is 643. The summed E-state index contributed by atoms with van der Waals surface area (Å²) in [5.41, 5.74) is 1.29. The van der Waals surface area contributed by atoms with E-state index in [9.17, 15) is 9.59 Å². The van der Waals surface area contributed by atoms with Gasteiger partial charge in [0, 0.05) is 17.0 Å². The van der Waals surface area contributed by atoms with Crippen molar-refractivity contribution >= 4 is 23.2 Å². The number of esters is 1. The van der Waals surface area contributed by atoms with Gasteiger partial charge in [-0.15, -0.1) is 11.3 Å². The maximum absolute atomic E-state index is 12.8. The Kier molecular flexibility index (Phi) is 5.52. The minimum absolute atomic E-state index is 0.0667. The number of piperidine rings is 1. The number of aryl methyl sites for hydroxylation is 1. The van der Waals surface area contributed by atoms with E-state index in [0.717, 1.165) is 32.1 Å². The standard InChI is InChI=1S/C20H29NO3S/c1-12-8-9-17-16(10-12)11-18(25-17)20(23)24-15(4)19(22)21-13(2)6-5-7-14(21)3/h11-15H,5-10H2,1-4H3/t12-,13-,14+,15+/m0/s1. The molecule has 1 fully saturated rings. The highest BCUT2D eigenvalue weighted by Gasteiger charge is 2.33. The molecule has 1 saturated heterocycles. The molecule has 0 radical (unpaired) electrons. The first kappa shape index (κ1) is 18.4. The van der Waals surface area contributed by atoms with Gasteiger partial charge in [-0.3, -0.25) is 4.79 Å². The van der Waals surface area contributed by atoms with Crippen LogP contribution < -0.4 is 0 Å². The van der Waals surface area contributed by atoms with Gasteiger partial charge in [0.2, 0.25) is 0 Å². The van der Waals surface area contributed by atoms with Gasteiger partial charge in [0.05, 0.1) is 0 Å². The molecule has 0 aromatic carbocycles. The fourth-order valence-electron chi connectivity index (χ4n) is 4.14. The third kappa shape index (κ3) is 3.91. The molecule has 1 aromatic rings. The van der Waals surface area contributed by atoms with E-state index in [2.05, 4.69) is 20.8 Å². The number of ether oxygens (including phenoxy) is 1. The highest BCUT2D eigenvalue weighted by molar-refractivity contribution is 7.14. The quantitative estimate of drug-likeness (QED) is 0.756. The highest BCUT2D eigenvalue weighted by atomic mass is 32.1. The van der Waals surface area contributed by atoms with Crippen LogP contribution in [0, 0.1) is 5.92 Å². The topological polar surface area (TPSA) is 46.6 Å². The van der Waals surface area contributed by atoms with Crippen molar-refractivity contribution in [1.82, 2.24) is 4.90 Å². The molecule has 0 saturated carbocycles. The Labute approximate surface area is 154 Å². The number of carbonyl (C=O) groups excluding carboxylic acids is 2. The maximum Gasteiger partial charge on any atom is 0.349 e. The van der Waals surface area contributed by atoms with Gasteiger partial charge in [0.1, 0.15) is 4.88 Å². The molecule has 1 aliphatic carbocycles. The number of hydrogen-bond acceptors (Lipinski definition) is 4. The van der Waals surface area contributed by atoms with Gasteiger partial charge in [-0.2, -0.15) is 0 Å². The average Bonchev–Trinajstić information content (AvgIpc) is 2.97. The van der Waals surface area contributed by atoms with E-state index in [1.54, 1.807) is 6.92 Å². The average molecular weight is 364 g/mol. The summed E-state index contributed by atoms with van der Waals surface area (Å²) >= 11 is 1.54. The summed E-state index contributed by atoms with van der Waals surface area (Å²) in [5, 5.41) is 0. The molecule has 0 unspecified atom stereocenters. The SMILES string of the molecule is C[C@H]1CCc2sc(C(=O)O[C@H](C)C(=O)N3[C@H](C)CCC[C@@H]3C)cc2C1. The lowest BCUT2D eigenvalue weighted by molar-refractivity contribution is -0.146. The number of carbonyl (C=O) groups is 2. The Hall–Kier alpha value is -1.36. The van der Waals surface area contributed by atoms with Crippen molar-refractivity contribution in [3.63, 3.8) is 0 Å². The molecule has 4 atom stereocenters. The van der Waals surface area contributed by atoms with Crippen LogP contribution in [-0.4, -0.2) is 35.0 Å². The van der Waals surface area contributed by atoms with Crippen LogP contribution in [0.4, 0.5) is 0 Å². The van der Waals surface area contributed by atoms with Crippen LogP contribution in [0.1, 0.15) is 73.5 Å². The van der Waals surface area contributed by atoms with Gasteiger partial charge in [-0.1, -0.05) is 6.92 Å². The van der Waals surface area contributed by atoms with Crippen LogP contribution >= 0.6 is 11.3 Å². The number of hydrogen-bond donors (Lipinski definition) is 0. The monoisotopic (exact) mass is 363 g/mol. The molecule has 5 heteroatoms. The van der Waals surface area contributed by atoms with Gasteiger partial charge >= 0.3 is 5.97 Å². The first-order chi connectivity index (χ1) is 11.9. The third-order valence-electron chi connectivity index (χ3n) is 5.61. The van der Waals surface area contributed by atoms with E-state index < -0.39 is 6.10 Å². The van der Waals surface area contributed by atoms with E-state index in [4.69, 9.17) is 4.74 Å². The first-order valence-electron chi connectivity index (χ1n) is 9.51. The van der Waals surface area contributed by atoms with E-state index in [1.165, 1.54) is 28.2 Å². The number of thiophene rings is 1. The van der Waals surface area contributed by atoms with Gasteiger partial charge in [0.15, 0.2) is 6.10 Å². The molecule has 1 amide bonds. The molecule has 1 aliphatic heterocycles. The molecule has 2 aliphatic rings. The number of likely N-dealkylation sites (tertiary alicyclic amines) is 1. The largest absolute Gasteiger partial charge is 0.448 e. The lowest BCUT2D eigenvalue weighted by Gasteiger charge is -2.40. The van der Waals surface area contributed by atoms with Gasteiger partial charge in [0.25, 0.3) is 5.91 Å². The van der Waals surface area contributed by atoms with Crippen molar-refractivity contribution in [2.24, 2.45) is 5.92 Å². The zero-order valence-corrected chi connectivity index (χ0v) is 16.5. The van der Waals surface area contributed by atoms with E-state index >= 15 is 0 Å². The Morgan fingerprint density at radius 3 is 2.56 bits per heavy atom. The molecule has 1 aromatic heterocycles. The summed E-state index contributed by atoms with van der Waals surface area (Å²) in [6, 6.07) is 2.40. The number of nitrogens with zero attached hydrogens (tertiary/aromatic N) is 1. The summed E-state index contributed by atoms with van der Waals surface area (Å²) < 4.78 is 5.53. The molecular formula is C20H29NO3S. The predicted molar refractivity (Wildman–Crippen MR) is 100 cm³/mol. The zero-order chi connectivity index (χ0) is 18.1. The van der Waals surface area contributed by atoms with Crippen molar-refractivity contribution in [3.8, 4) is 0 Å². The van der Waals surface area contributed by atoms with Crippen LogP contribution in [0.15, 0.2) is 6.07 Å². The van der Waals surface area contributed by atoms with Gasteiger partial charge in [-0.05, 0) is 76.8 Å². The minimum Gasteiger partial charge on any atom is -0.448 e. The van der Waals surface area contributed by atoms with E-state index in [1.807, 2.05) is 11.0 Å². The lowest BCUT2D eigenvalue weighted by Crippen LogP contribution is -2.51. The molecule has 4 nitrogen and oxygen atoms in total. The lowest BCUT2D eigenvalue weighted by atomic mass is 9.90. The first-order valence-corrected chi connectivity index (χ1v) is 10.3. The smallest absolute Gasteiger partial charge is 0.349 e. The zero-order valence-electron chi connectivity index (χ0n) is 15.7. The summed E-state index contributed by atoms with van der Waals surface area (Å²) in [5.74, 6) is 0.252. The van der Waals surface area contributed by atoms with Crippen LogP contribution in [0.3, 0.4) is 0 Å². The summed E-state index contributed by atoms with van der Waals surface area (Å²) in [6.45, 7) is 8.11. The summed E-state index contributed by atoms with van der Waals surface area (Å²) in [7, 11) is 0. The second kappa shape index (κ2) is 7.48.